The highest BCUT2D eigenvalue weighted by Gasteiger charge is 2.34. The Kier molecular flexibility index (Phi) is 4.01. The van der Waals surface area contributed by atoms with E-state index in [1.54, 1.807) is 18.3 Å². The summed E-state index contributed by atoms with van der Waals surface area (Å²) in [5.41, 5.74) is 1.04. The molecule has 0 amide bonds. The zero-order valence-electron chi connectivity index (χ0n) is 10.5. The van der Waals surface area contributed by atoms with Gasteiger partial charge in [0.05, 0.1) is 12.5 Å². The molecule has 0 aromatic carbocycles. The Hall–Kier alpha value is -1.36. The van der Waals surface area contributed by atoms with E-state index < -0.39 is 0 Å². The van der Waals surface area contributed by atoms with Crippen LogP contribution in [0.2, 0.25) is 0 Å². The lowest BCUT2D eigenvalue weighted by Gasteiger charge is -2.27. The maximum Gasteiger partial charge on any atom is 0.309 e. The first kappa shape index (κ1) is 13.1. The van der Waals surface area contributed by atoms with Crippen LogP contribution in [0.15, 0.2) is 11.4 Å². The molecule has 2 atom stereocenters. The van der Waals surface area contributed by atoms with Crippen LogP contribution in [0, 0.1) is 5.92 Å². The second-order valence-electron chi connectivity index (χ2n) is 4.29. The van der Waals surface area contributed by atoms with Crippen molar-refractivity contribution in [3.05, 3.63) is 21.9 Å². The quantitative estimate of drug-likeness (QED) is 0.790. The molecule has 98 valence electrons. The summed E-state index contributed by atoms with van der Waals surface area (Å²) >= 11 is 1.60. The lowest BCUT2D eigenvalue weighted by molar-refractivity contribution is -0.155. The van der Waals surface area contributed by atoms with Crippen molar-refractivity contribution in [1.29, 1.82) is 0 Å². The Morgan fingerprint density at radius 3 is 2.94 bits per heavy atom. The predicted octanol–water partition coefficient (Wildman–Crippen LogP) is 2.48. The molecule has 0 aliphatic heterocycles. The maximum absolute atomic E-state index is 11.8. The molecule has 0 N–H and O–H groups in total. The van der Waals surface area contributed by atoms with Gasteiger partial charge in [-0.3, -0.25) is 9.59 Å². The zero-order chi connectivity index (χ0) is 13.1. The highest BCUT2D eigenvalue weighted by Crippen LogP contribution is 2.39. The van der Waals surface area contributed by atoms with Gasteiger partial charge in [0.25, 0.3) is 0 Å². The highest BCUT2D eigenvalue weighted by molar-refractivity contribution is 7.10. The zero-order valence-corrected chi connectivity index (χ0v) is 11.3. The number of thiophene rings is 1. The summed E-state index contributed by atoms with van der Waals surface area (Å²) in [6, 6.07) is 1.97. The summed E-state index contributed by atoms with van der Waals surface area (Å²) < 4.78 is 10.3. The third kappa shape index (κ3) is 2.72. The van der Waals surface area contributed by atoms with Crippen LogP contribution in [0.25, 0.3) is 0 Å². The molecular weight excluding hydrogens is 252 g/mol. The number of carbonyl (C=O) groups is 2. The van der Waals surface area contributed by atoms with Crippen LogP contribution in [0.4, 0.5) is 0 Å². The monoisotopic (exact) mass is 268 g/mol. The molecule has 0 saturated heterocycles. The molecule has 18 heavy (non-hydrogen) atoms. The molecular formula is C13H16O4S. The molecule has 5 heteroatoms. The molecule has 1 aromatic rings. The molecule has 4 nitrogen and oxygen atoms in total. The van der Waals surface area contributed by atoms with Crippen LogP contribution >= 0.6 is 11.3 Å². The van der Waals surface area contributed by atoms with Gasteiger partial charge in [-0.15, -0.1) is 11.3 Å². The van der Waals surface area contributed by atoms with Gasteiger partial charge < -0.3 is 9.47 Å². The lowest BCUT2D eigenvalue weighted by atomic mass is 9.87. The predicted molar refractivity (Wildman–Crippen MR) is 67.3 cm³/mol. The second-order valence-corrected chi connectivity index (χ2v) is 5.29. The highest BCUT2D eigenvalue weighted by atomic mass is 32.1. The first-order chi connectivity index (χ1) is 8.61. The summed E-state index contributed by atoms with van der Waals surface area (Å²) in [5, 5.41) is 1.97. The van der Waals surface area contributed by atoms with E-state index in [0.29, 0.717) is 19.4 Å². The van der Waals surface area contributed by atoms with Gasteiger partial charge in [-0.05, 0) is 24.8 Å². The van der Waals surface area contributed by atoms with E-state index >= 15 is 0 Å². The number of rotatable bonds is 3. The van der Waals surface area contributed by atoms with Crippen LogP contribution in [0.5, 0.6) is 0 Å². The Morgan fingerprint density at radius 1 is 1.50 bits per heavy atom. The summed E-state index contributed by atoms with van der Waals surface area (Å²) in [5.74, 6) is -0.726. The van der Waals surface area contributed by atoms with Gasteiger partial charge in [-0.2, -0.15) is 0 Å². The minimum atomic E-state index is -0.318. The summed E-state index contributed by atoms with van der Waals surface area (Å²) in [4.78, 5) is 24.0. The molecule has 1 aliphatic rings. The smallest absolute Gasteiger partial charge is 0.309 e. The van der Waals surface area contributed by atoms with E-state index in [4.69, 9.17) is 9.47 Å². The summed E-state index contributed by atoms with van der Waals surface area (Å²) in [6.07, 6.45) is 0.887. The molecule has 0 radical (unpaired) electrons. The Morgan fingerprint density at radius 2 is 2.28 bits per heavy atom. The molecule has 2 rings (SSSR count). The molecule has 0 fully saturated rings. The van der Waals surface area contributed by atoms with Crippen molar-refractivity contribution in [2.75, 3.05) is 6.61 Å². The summed E-state index contributed by atoms with van der Waals surface area (Å²) in [6.45, 7) is 3.56. The van der Waals surface area contributed by atoms with Gasteiger partial charge in [-0.25, -0.2) is 0 Å². The van der Waals surface area contributed by atoms with Crippen molar-refractivity contribution >= 4 is 23.3 Å². The van der Waals surface area contributed by atoms with E-state index in [9.17, 15) is 9.59 Å². The average molecular weight is 268 g/mol. The fourth-order valence-electron chi connectivity index (χ4n) is 2.25. The van der Waals surface area contributed by atoms with Gasteiger partial charge in [0.1, 0.15) is 6.10 Å². The van der Waals surface area contributed by atoms with Crippen LogP contribution in [-0.4, -0.2) is 18.5 Å². The van der Waals surface area contributed by atoms with Crippen molar-refractivity contribution in [1.82, 2.24) is 0 Å². The number of hydrogen-bond acceptors (Lipinski definition) is 5. The fourth-order valence-corrected chi connectivity index (χ4v) is 3.26. The van der Waals surface area contributed by atoms with Gasteiger partial charge in [0, 0.05) is 23.8 Å². The summed E-state index contributed by atoms with van der Waals surface area (Å²) in [7, 11) is 0. The number of carbonyl (C=O) groups excluding carboxylic acids is 2. The fraction of sp³-hybridized carbons (Fsp3) is 0.538. The Labute approximate surface area is 110 Å². The number of fused-ring (bicyclic) bond motifs is 1. The van der Waals surface area contributed by atoms with E-state index in [1.807, 2.05) is 11.4 Å². The number of esters is 2. The molecule has 1 aromatic heterocycles. The van der Waals surface area contributed by atoms with E-state index in [-0.39, 0.29) is 24.0 Å². The van der Waals surface area contributed by atoms with Crippen molar-refractivity contribution < 1.29 is 19.1 Å². The van der Waals surface area contributed by atoms with Crippen LogP contribution in [-0.2, 0) is 25.5 Å². The number of ether oxygens (including phenoxy) is 2. The molecule has 0 saturated carbocycles. The molecule has 1 aliphatic carbocycles. The van der Waals surface area contributed by atoms with Gasteiger partial charge in [0.15, 0.2) is 0 Å². The minimum Gasteiger partial charge on any atom is -0.466 e. The number of hydrogen-bond donors (Lipinski definition) is 0. The van der Waals surface area contributed by atoms with E-state index in [0.717, 1.165) is 10.4 Å². The van der Waals surface area contributed by atoms with E-state index in [2.05, 4.69) is 0 Å². The van der Waals surface area contributed by atoms with Crippen molar-refractivity contribution in [3.8, 4) is 0 Å². The minimum absolute atomic E-state index is 0.200. The average Bonchev–Trinajstić information content (AvgIpc) is 2.76. The van der Waals surface area contributed by atoms with Crippen molar-refractivity contribution in [3.63, 3.8) is 0 Å². The van der Waals surface area contributed by atoms with Crippen molar-refractivity contribution in [2.24, 2.45) is 5.92 Å². The Balaban J connectivity index is 2.17. The maximum atomic E-state index is 11.8. The van der Waals surface area contributed by atoms with Crippen LogP contribution in [0.1, 0.15) is 36.8 Å². The standard InChI is InChI=1S/C13H16O4S/c1-3-16-13(15)9-6-11(17-8(2)14)10-4-5-18-12(10)7-9/h4-5,9,11H,3,6-7H2,1-2H3. The normalized spacial score (nSPS) is 22.1. The third-order valence-electron chi connectivity index (χ3n) is 2.99. The Bertz CT molecular complexity index is 452. The van der Waals surface area contributed by atoms with Crippen LogP contribution < -0.4 is 0 Å². The van der Waals surface area contributed by atoms with E-state index in [1.165, 1.54) is 6.92 Å². The first-order valence-corrected chi connectivity index (χ1v) is 6.90. The van der Waals surface area contributed by atoms with Gasteiger partial charge in [-0.1, -0.05) is 0 Å². The first-order valence-electron chi connectivity index (χ1n) is 6.02. The van der Waals surface area contributed by atoms with Gasteiger partial charge in [0.2, 0.25) is 0 Å². The lowest BCUT2D eigenvalue weighted by Crippen LogP contribution is -2.27. The topological polar surface area (TPSA) is 52.6 Å². The molecule has 1 heterocycles. The molecule has 0 bridgehead atoms. The largest absolute Gasteiger partial charge is 0.466 e. The van der Waals surface area contributed by atoms with Crippen LogP contribution in [0.3, 0.4) is 0 Å². The molecule has 0 spiro atoms. The third-order valence-corrected chi connectivity index (χ3v) is 3.94. The molecule has 2 unspecified atom stereocenters. The second kappa shape index (κ2) is 5.52. The SMILES string of the molecule is CCOC(=O)C1Cc2sccc2C(OC(C)=O)C1. The van der Waals surface area contributed by atoms with Gasteiger partial charge >= 0.3 is 11.9 Å². The van der Waals surface area contributed by atoms with Crippen molar-refractivity contribution in [2.45, 2.75) is 32.8 Å².